The Kier molecular flexibility index (Phi) is 4.46. The molecule has 1 aromatic rings. The van der Waals surface area contributed by atoms with Gasteiger partial charge in [-0.15, -0.1) is 0 Å². The predicted octanol–water partition coefficient (Wildman–Crippen LogP) is 1.74. The summed E-state index contributed by atoms with van der Waals surface area (Å²) in [7, 11) is 0. The van der Waals surface area contributed by atoms with E-state index < -0.39 is 0 Å². The average molecular weight is 275 g/mol. The van der Waals surface area contributed by atoms with Gasteiger partial charge in [0.2, 0.25) is 0 Å². The van der Waals surface area contributed by atoms with Crippen molar-refractivity contribution in [2.24, 2.45) is 0 Å². The second kappa shape index (κ2) is 6.10. The molecule has 0 amide bonds. The number of hydrogen-bond acceptors (Lipinski definition) is 4. The number of likely N-dealkylation sites (tertiary alicyclic amines) is 1. The zero-order valence-electron chi connectivity index (χ0n) is 12.1. The fourth-order valence-electron chi connectivity index (χ4n) is 2.79. The van der Waals surface area contributed by atoms with Gasteiger partial charge in [0.25, 0.3) is 5.56 Å². The smallest absolute Gasteiger partial charge is 0.271 e. The molecule has 1 aromatic heterocycles. The number of hydrogen-bond donors (Lipinski definition) is 1. The Balaban J connectivity index is 2.51. The standard InChI is InChI=1S/C15H21N3O2/c1-3-6-18-14(19)12(9-16)11(2)13(15(18)20)10-17-7-4-5-8-17/h20H,3-8,10H2,1-2H3. The van der Waals surface area contributed by atoms with Crippen molar-refractivity contribution < 1.29 is 5.11 Å². The summed E-state index contributed by atoms with van der Waals surface area (Å²) in [6.07, 6.45) is 3.07. The van der Waals surface area contributed by atoms with Crippen LogP contribution in [0.5, 0.6) is 5.88 Å². The summed E-state index contributed by atoms with van der Waals surface area (Å²) < 4.78 is 1.33. The molecular weight excluding hydrogens is 254 g/mol. The molecular formula is C15H21N3O2. The lowest BCUT2D eigenvalue weighted by Gasteiger charge is -2.20. The highest BCUT2D eigenvalue weighted by molar-refractivity contribution is 5.45. The molecule has 0 atom stereocenters. The van der Waals surface area contributed by atoms with E-state index in [-0.39, 0.29) is 17.0 Å². The van der Waals surface area contributed by atoms with Crippen LogP contribution in [0, 0.1) is 18.3 Å². The van der Waals surface area contributed by atoms with Gasteiger partial charge in [-0.3, -0.25) is 14.3 Å². The van der Waals surface area contributed by atoms with Gasteiger partial charge in [0.05, 0.1) is 0 Å². The summed E-state index contributed by atoms with van der Waals surface area (Å²) in [5, 5.41) is 19.6. The molecule has 0 unspecified atom stereocenters. The van der Waals surface area contributed by atoms with E-state index in [1.165, 1.54) is 17.4 Å². The van der Waals surface area contributed by atoms with Crippen molar-refractivity contribution in [3.8, 4) is 11.9 Å². The maximum Gasteiger partial charge on any atom is 0.271 e. The fraction of sp³-hybridized carbons (Fsp3) is 0.600. The number of aromatic hydroxyl groups is 1. The first-order valence-electron chi connectivity index (χ1n) is 7.17. The first-order valence-corrected chi connectivity index (χ1v) is 7.17. The first kappa shape index (κ1) is 14.6. The molecule has 0 radical (unpaired) electrons. The molecule has 1 N–H and O–H groups in total. The average Bonchev–Trinajstić information content (AvgIpc) is 2.93. The van der Waals surface area contributed by atoms with E-state index in [1.54, 1.807) is 6.92 Å². The number of nitrogens with zero attached hydrogens (tertiary/aromatic N) is 3. The van der Waals surface area contributed by atoms with Crippen LogP contribution in [0.3, 0.4) is 0 Å². The second-order valence-electron chi connectivity index (χ2n) is 5.35. The fourth-order valence-corrected chi connectivity index (χ4v) is 2.79. The van der Waals surface area contributed by atoms with Gasteiger partial charge in [0, 0.05) is 18.7 Å². The quantitative estimate of drug-likeness (QED) is 0.908. The Morgan fingerprint density at radius 3 is 2.55 bits per heavy atom. The molecule has 5 nitrogen and oxygen atoms in total. The van der Waals surface area contributed by atoms with E-state index in [0.29, 0.717) is 18.7 Å². The van der Waals surface area contributed by atoms with E-state index in [4.69, 9.17) is 0 Å². The Bertz CT molecular complexity index is 593. The normalized spacial score (nSPS) is 15.4. The molecule has 0 bridgehead atoms. The summed E-state index contributed by atoms with van der Waals surface area (Å²) in [6.45, 7) is 6.75. The summed E-state index contributed by atoms with van der Waals surface area (Å²) in [4.78, 5) is 14.4. The van der Waals surface area contributed by atoms with Crippen LogP contribution in [0.25, 0.3) is 0 Å². The third-order valence-corrected chi connectivity index (χ3v) is 3.95. The third kappa shape index (κ3) is 2.56. The van der Waals surface area contributed by atoms with Crippen molar-refractivity contribution in [1.82, 2.24) is 9.47 Å². The lowest BCUT2D eigenvalue weighted by atomic mass is 10.0. The maximum atomic E-state index is 12.2. The highest BCUT2D eigenvalue weighted by Gasteiger charge is 2.21. The maximum absolute atomic E-state index is 12.2. The van der Waals surface area contributed by atoms with Gasteiger partial charge in [0.1, 0.15) is 11.6 Å². The second-order valence-corrected chi connectivity index (χ2v) is 5.35. The highest BCUT2D eigenvalue weighted by atomic mass is 16.3. The van der Waals surface area contributed by atoms with Crippen LogP contribution in [0.2, 0.25) is 0 Å². The van der Waals surface area contributed by atoms with Crippen molar-refractivity contribution >= 4 is 0 Å². The summed E-state index contributed by atoms with van der Waals surface area (Å²) in [6, 6.07) is 1.99. The topological polar surface area (TPSA) is 69.3 Å². The molecule has 0 saturated carbocycles. The van der Waals surface area contributed by atoms with Crippen LogP contribution >= 0.6 is 0 Å². The van der Waals surface area contributed by atoms with Crippen molar-refractivity contribution in [2.75, 3.05) is 13.1 Å². The Morgan fingerprint density at radius 2 is 2.00 bits per heavy atom. The van der Waals surface area contributed by atoms with Crippen LogP contribution in [-0.4, -0.2) is 27.7 Å². The zero-order valence-corrected chi connectivity index (χ0v) is 12.1. The summed E-state index contributed by atoms with van der Waals surface area (Å²) in [5.41, 5.74) is 1.12. The molecule has 0 aromatic carbocycles. The molecule has 108 valence electrons. The minimum Gasteiger partial charge on any atom is -0.494 e. The van der Waals surface area contributed by atoms with Gasteiger partial charge < -0.3 is 5.11 Å². The van der Waals surface area contributed by atoms with E-state index in [0.717, 1.165) is 25.1 Å². The van der Waals surface area contributed by atoms with E-state index >= 15 is 0 Å². The number of rotatable bonds is 4. The van der Waals surface area contributed by atoms with Crippen LogP contribution in [0.15, 0.2) is 4.79 Å². The van der Waals surface area contributed by atoms with E-state index in [1.807, 2.05) is 13.0 Å². The Hall–Kier alpha value is -1.80. The van der Waals surface area contributed by atoms with Gasteiger partial charge in [-0.1, -0.05) is 6.92 Å². The highest BCUT2D eigenvalue weighted by Crippen LogP contribution is 2.25. The zero-order chi connectivity index (χ0) is 14.7. The molecule has 1 aliphatic heterocycles. The SMILES string of the molecule is CCCn1c(O)c(CN2CCCC2)c(C)c(C#N)c1=O. The van der Waals surface area contributed by atoms with Gasteiger partial charge in [-0.25, -0.2) is 0 Å². The van der Waals surface area contributed by atoms with Gasteiger partial charge in [-0.05, 0) is 44.8 Å². The molecule has 2 rings (SSSR count). The van der Waals surface area contributed by atoms with Crippen LogP contribution in [0.4, 0.5) is 0 Å². The van der Waals surface area contributed by atoms with Crippen molar-refractivity contribution in [2.45, 2.75) is 46.2 Å². The van der Waals surface area contributed by atoms with Crippen molar-refractivity contribution in [3.63, 3.8) is 0 Å². The first-order chi connectivity index (χ1) is 9.60. The Labute approximate surface area is 119 Å². The molecule has 5 heteroatoms. The minimum absolute atomic E-state index is 0.0280. The predicted molar refractivity (Wildman–Crippen MR) is 76.6 cm³/mol. The molecule has 20 heavy (non-hydrogen) atoms. The summed E-state index contributed by atoms with van der Waals surface area (Å²) in [5.74, 6) is 0.0280. The van der Waals surface area contributed by atoms with Crippen LogP contribution in [0.1, 0.15) is 42.9 Å². The van der Waals surface area contributed by atoms with Gasteiger partial charge >= 0.3 is 0 Å². The number of aromatic nitrogens is 1. The molecule has 1 saturated heterocycles. The lowest BCUT2D eigenvalue weighted by Crippen LogP contribution is -2.27. The van der Waals surface area contributed by atoms with Crippen molar-refractivity contribution in [3.05, 3.63) is 27.0 Å². The largest absolute Gasteiger partial charge is 0.494 e. The van der Waals surface area contributed by atoms with Gasteiger partial charge in [-0.2, -0.15) is 5.26 Å². The van der Waals surface area contributed by atoms with Gasteiger partial charge in [0.15, 0.2) is 5.88 Å². The monoisotopic (exact) mass is 275 g/mol. The van der Waals surface area contributed by atoms with Crippen LogP contribution in [-0.2, 0) is 13.1 Å². The molecule has 2 heterocycles. The Morgan fingerprint density at radius 1 is 1.35 bits per heavy atom. The molecule has 0 aliphatic carbocycles. The number of pyridine rings is 1. The molecule has 0 spiro atoms. The van der Waals surface area contributed by atoms with E-state index in [2.05, 4.69) is 4.90 Å². The van der Waals surface area contributed by atoms with Crippen molar-refractivity contribution in [1.29, 1.82) is 5.26 Å². The third-order valence-electron chi connectivity index (χ3n) is 3.95. The minimum atomic E-state index is -0.380. The summed E-state index contributed by atoms with van der Waals surface area (Å²) >= 11 is 0. The number of nitriles is 1. The lowest BCUT2D eigenvalue weighted by molar-refractivity contribution is 0.314. The van der Waals surface area contributed by atoms with E-state index in [9.17, 15) is 15.2 Å². The molecule has 1 aliphatic rings. The van der Waals surface area contributed by atoms with Crippen LogP contribution < -0.4 is 5.56 Å². The molecule has 1 fully saturated rings.